The maximum Gasteiger partial charge on any atom is 0.227 e. The third-order valence-electron chi connectivity index (χ3n) is 4.20. The molecule has 1 aliphatic rings. The Morgan fingerprint density at radius 1 is 1.17 bits per heavy atom. The van der Waals surface area contributed by atoms with Crippen LogP contribution in [0, 0.1) is 0 Å². The molecule has 0 radical (unpaired) electrons. The molecule has 116 valence electrons. The summed E-state index contributed by atoms with van der Waals surface area (Å²) in [4.78, 5) is 21.3. The van der Waals surface area contributed by atoms with E-state index in [0.29, 0.717) is 22.0 Å². The molecule has 1 amide bonds. The minimum atomic E-state index is 0.149. The molecule has 0 aliphatic carbocycles. The minimum absolute atomic E-state index is 0.149. The molecule has 0 saturated heterocycles. The van der Waals surface area contributed by atoms with Gasteiger partial charge in [-0.25, -0.2) is 4.98 Å². The van der Waals surface area contributed by atoms with E-state index in [1.54, 1.807) is 11.0 Å². The van der Waals surface area contributed by atoms with Crippen molar-refractivity contribution >= 4 is 45.8 Å². The summed E-state index contributed by atoms with van der Waals surface area (Å²) in [6.07, 6.45) is 1.29. The minimum Gasteiger partial charge on any atom is -0.338 e. The Bertz CT molecular complexity index is 948. The number of aromatic amines is 1. The number of rotatable bonds is 1. The summed E-state index contributed by atoms with van der Waals surface area (Å²) < 4.78 is 0. The maximum atomic E-state index is 11.8. The van der Waals surface area contributed by atoms with Crippen LogP contribution >= 0.6 is 23.2 Å². The quantitative estimate of drug-likeness (QED) is 0.708. The molecular weight excluding hydrogens is 333 g/mol. The summed E-state index contributed by atoms with van der Waals surface area (Å²) in [5.41, 5.74) is 4.59. The van der Waals surface area contributed by atoms with Gasteiger partial charge in [-0.2, -0.15) is 0 Å². The number of hydrogen-bond acceptors (Lipinski definition) is 2. The van der Waals surface area contributed by atoms with Crippen LogP contribution in [0.3, 0.4) is 0 Å². The number of nitrogens with zero attached hydrogens (tertiary/aromatic N) is 2. The van der Waals surface area contributed by atoms with Gasteiger partial charge in [0.15, 0.2) is 0 Å². The van der Waals surface area contributed by atoms with E-state index in [9.17, 15) is 4.79 Å². The first kappa shape index (κ1) is 14.5. The average Bonchev–Trinajstić information content (AvgIpc) is 2.95. The van der Waals surface area contributed by atoms with Crippen LogP contribution in [0.1, 0.15) is 12.0 Å². The van der Waals surface area contributed by atoms with Gasteiger partial charge in [0, 0.05) is 29.7 Å². The number of imidazole rings is 1. The molecule has 6 heteroatoms. The number of hydrogen-bond donors (Lipinski definition) is 1. The highest BCUT2D eigenvalue weighted by Crippen LogP contribution is 2.33. The van der Waals surface area contributed by atoms with E-state index >= 15 is 0 Å². The zero-order chi connectivity index (χ0) is 16.1. The molecule has 1 aliphatic heterocycles. The normalized spacial score (nSPS) is 14.4. The fourth-order valence-corrected chi connectivity index (χ4v) is 3.52. The van der Waals surface area contributed by atoms with Crippen molar-refractivity contribution in [3.8, 4) is 11.4 Å². The van der Waals surface area contributed by atoms with Crippen LogP contribution in [0.15, 0.2) is 30.3 Å². The molecule has 0 bridgehead atoms. The largest absolute Gasteiger partial charge is 0.338 e. The Labute approximate surface area is 143 Å². The molecule has 0 atom stereocenters. The molecule has 1 aromatic heterocycles. The van der Waals surface area contributed by atoms with E-state index in [2.05, 4.69) is 16.0 Å². The number of H-pyrrole nitrogens is 1. The topological polar surface area (TPSA) is 49.0 Å². The fraction of sp³-hybridized carbons (Fsp3) is 0.176. The van der Waals surface area contributed by atoms with E-state index < -0.39 is 0 Å². The van der Waals surface area contributed by atoms with Crippen molar-refractivity contribution < 1.29 is 4.79 Å². The smallest absolute Gasteiger partial charge is 0.227 e. The monoisotopic (exact) mass is 345 g/mol. The average molecular weight is 346 g/mol. The van der Waals surface area contributed by atoms with Crippen molar-refractivity contribution in [1.29, 1.82) is 0 Å². The molecular formula is C17H13Cl2N3O. The second kappa shape index (κ2) is 5.25. The third kappa shape index (κ3) is 2.38. The number of halogens is 2. The van der Waals surface area contributed by atoms with Gasteiger partial charge in [0.05, 0.1) is 10.5 Å². The number of fused-ring (bicyclic) bond motifs is 2. The van der Waals surface area contributed by atoms with Crippen LogP contribution < -0.4 is 4.90 Å². The van der Waals surface area contributed by atoms with Gasteiger partial charge in [0.25, 0.3) is 0 Å². The predicted molar refractivity (Wildman–Crippen MR) is 93.3 cm³/mol. The number of aryl methyl sites for hydroxylation is 1. The van der Waals surface area contributed by atoms with Crippen LogP contribution in [-0.4, -0.2) is 22.9 Å². The van der Waals surface area contributed by atoms with Gasteiger partial charge in [-0.15, -0.1) is 0 Å². The number of anilines is 1. The molecule has 23 heavy (non-hydrogen) atoms. The van der Waals surface area contributed by atoms with Crippen molar-refractivity contribution in [1.82, 2.24) is 9.97 Å². The zero-order valence-electron chi connectivity index (χ0n) is 12.4. The molecule has 4 nitrogen and oxygen atoms in total. The van der Waals surface area contributed by atoms with Crippen molar-refractivity contribution in [2.24, 2.45) is 0 Å². The van der Waals surface area contributed by atoms with E-state index in [1.165, 1.54) is 0 Å². The first-order valence-corrected chi connectivity index (χ1v) is 8.03. The molecule has 0 fully saturated rings. The zero-order valence-corrected chi connectivity index (χ0v) is 13.9. The van der Waals surface area contributed by atoms with E-state index in [1.807, 2.05) is 25.2 Å². The van der Waals surface area contributed by atoms with E-state index in [-0.39, 0.29) is 5.91 Å². The van der Waals surface area contributed by atoms with Gasteiger partial charge in [0.1, 0.15) is 11.3 Å². The highest BCUT2D eigenvalue weighted by atomic mass is 35.5. The number of aromatic nitrogens is 2. The summed E-state index contributed by atoms with van der Waals surface area (Å²) in [7, 11) is 1.81. The van der Waals surface area contributed by atoms with Gasteiger partial charge >= 0.3 is 0 Å². The van der Waals surface area contributed by atoms with Gasteiger partial charge in [0.2, 0.25) is 5.91 Å². The number of amides is 1. The Hall–Kier alpha value is -2.04. The lowest BCUT2D eigenvalue weighted by molar-refractivity contribution is -0.118. The molecule has 0 spiro atoms. The number of carbonyl (C=O) groups excluding carboxylic acids is 1. The molecule has 2 aromatic carbocycles. The third-order valence-corrected chi connectivity index (χ3v) is 4.71. The van der Waals surface area contributed by atoms with Crippen LogP contribution in [-0.2, 0) is 11.2 Å². The fourth-order valence-electron chi connectivity index (χ4n) is 2.98. The lowest BCUT2D eigenvalue weighted by Gasteiger charge is -2.25. The van der Waals surface area contributed by atoms with Crippen LogP contribution in [0.2, 0.25) is 10.0 Å². The van der Waals surface area contributed by atoms with E-state index in [0.717, 1.165) is 34.6 Å². The number of nitrogens with one attached hydrogen (secondary N) is 1. The van der Waals surface area contributed by atoms with Crippen molar-refractivity contribution in [3.63, 3.8) is 0 Å². The van der Waals surface area contributed by atoms with Crippen LogP contribution in [0.25, 0.3) is 22.4 Å². The van der Waals surface area contributed by atoms with Gasteiger partial charge in [-0.3, -0.25) is 4.79 Å². The lowest BCUT2D eigenvalue weighted by atomic mass is 9.99. The first-order chi connectivity index (χ1) is 11.0. The Morgan fingerprint density at radius 3 is 2.83 bits per heavy atom. The number of carbonyl (C=O) groups is 1. The van der Waals surface area contributed by atoms with Crippen LogP contribution in [0.4, 0.5) is 5.69 Å². The first-order valence-electron chi connectivity index (χ1n) is 7.27. The second-order valence-electron chi connectivity index (χ2n) is 5.67. The summed E-state index contributed by atoms with van der Waals surface area (Å²) >= 11 is 12.2. The SMILES string of the molecule is CN1C(=O)CCc2cc(-c3nc4c(Cl)cc(Cl)cc4[nH]3)ccc21. The molecule has 3 aromatic rings. The van der Waals surface area contributed by atoms with Crippen molar-refractivity contribution in [2.45, 2.75) is 12.8 Å². The summed E-state index contributed by atoms with van der Waals surface area (Å²) in [5, 5.41) is 1.10. The van der Waals surface area contributed by atoms with Crippen LogP contribution in [0.5, 0.6) is 0 Å². The van der Waals surface area contributed by atoms with Crippen molar-refractivity contribution in [2.75, 3.05) is 11.9 Å². The molecule has 4 rings (SSSR count). The van der Waals surface area contributed by atoms with Gasteiger partial charge < -0.3 is 9.88 Å². The predicted octanol–water partition coefficient (Wildman–Crippen LogP) is 4.45. The molecule has 1 N–H and O–H groups in total. The van der Waals surface area contributed by atoms with E-state index in [4.69, 9.17) is 23.2 Å². The lowest BCUT2D eigenvalue weighted by Crippen LogP contribution is -2.30. The molecule has 0 saturated carbocycles. The Morgan fingerprint density at radius 2 is 2.00 bits per heavy atom. The summed E-state index contributed by atoms with van der Waals surface area (Å²) in [5.74, 6) is 0.891. The Kier molecular flexibility index (Phi) is 3.32. The summed E-state index contributed by atoms with van der Waals surface area (Å²) in [6.45, 7) is 0. The highest BCUT2D eigenvalue weighted by Gasteiger charge is 2.21. The van der Waals surface area contributed by atoms with Gasteiger partial charge in [-0.05, 0) is 42.3 Å². The maximum absolute atomic E-state index is 11.8. The highest BCUT2D eigenvalue weighted by molar-refractivity contribution is 6.38. The van der Waals surface area contributed by atoms with Gasteiger partial charge in [-0.1, -0.05) is 23.2 Å². The summed E-state index contributed by atoms with van der Waals surface area (Å²) in [6, 6.07) is 9.49. The standard InChI is InChI=1S/C17H13Cl2N3O/c1-22-14-4-2-10(6-9(14)3-5-15(22)23)17-20-13-8-11(18)7-12(19)16(13)21-17/h2,4,6-8H,3,5H2,1H3,(H,20,21). The molecule has 0 unspecified atom stereocenters. The number of benzene rings is 2. The molecule has 2 heterocycles. The van der Waals surface area contributed by atoms with Crippen molar-refractivity contribution in [3.05, 3.63) is 45.9 Å². The second-order valence-corrected chi connectivity index (χ2v) is 6.51. The Balaban J connectivity index is 1.82.